The number of nitrogens with zero attached hydrogens (tertiary/aromatic N) is 2. The number of anilines is 2. The second kappa shape index (κ2) is 8.98. The van der Waals surface area contributed by atoms with E-state index < -0.39 is 11.8 Å². The molecule has 0 saturated heterocycles. The fourth-order valence-corrected chi connectivity index (χ4v) is 3.90. The van der Waals surface area contributed by atoms with Crippen molar-refractivity contribution < 1.29 is 19.1 Å². The number of hydrogen-bond donors (Lipinski definition) is 0. The van der Waals surface area contributed by atoms with E-state index in [2.05, 4.69) is 0 Å². The minimum absolute atomic E-state index is 0.333. The lowest BCUT2D eigenvalue weighted by Crippen LogP contribution is -2.35. The van der Waals surface area contributed by atoms with Gasteiger partial charge in [0.1, 0.15) is 17.2 Å². The van der Waals surface area contributed by atoms with Crippen molar-refractivity contribution in [1.82, 2.24) is 0 Å². The Labute approximate surface area is 187 Å². The highest BCUT2D eigenvalue weighted by atomic mass is 16.5. The molecule has 0 fully saturated rings. The van der Waals surface area contributed by atoms with E-state index in [0.717, 1.165) is 5.69 Å². The maximum Gasteiger partial charge on any atom is 0.282 e. The minimum atomic E-state index is -0.411. The average molecular weight is 428 g/mol. The van der Waals surface area contributed by atoms with E-state index >= 15 is 0 Å². The first-order valence-electron chi connectivity index (χ1n) is 10.3. The maximum absolute atomic E-state index is 13.9. The molecule has 1 aliphatic heterocycles. The topological polar surface area (TPSA) is 59.1 Å². The number of ether oxygens (including phenoxy) is 2. The Morgan fingerprint density at radius 1 is 0.812 bits per heavy atom. The first-order chi connectivity index (χ1) is 15.6. The van der Waals surface area contributed by atoms with E-state index in [-0.39, 0.29) is 0 Å². The number of rotatable bonds is 7. The van der Waals surface area contributed by atoms with Crippen molar-refractivity contribution >= 4 is 28.8 Å². The zero-order valence-electron chi connectivity index (χ0n) is 18.2. The molecule has 1 aliphatic rings. The van der Waals surface area contributed by atoms with Gasteiger partial charge in [0.15, 0.2) is 0 Å². The van der Waals surface area contributed by atoms with Crippen molar-refractivity contribution in [3.8, 4) is 11.5 Å². The maximum atomic E-state index is 13.9. The van der Waals surface area contributed by atoms with Crippen molar-refractivity contribution in [3.05, 3.63) is 90.1 Å². The van der Waals surface area contributed by atoms with Crippen molar-refractivity contribution in [2.75, 3.05) is 30.6 Å². The number of imide groups is 1. The lowest BCUT2D eigenvalue weighted by atomic mass is 10.0. The molecule has 0 aliphatic carbocycles. The van der Waals surface area contributed by atoms with Gasteiger partial charge in [-0.3, -0.25) is 9.59 Å². The molecule has 2 amide bonds. The fraction of sp³-hybridized carbons (Fsp3) is 0.154. The van der Waals surface area contributed by atoms with Gasteiger partial charge in [0.2, 0.25) is 0 Å². The highest BCUT2D eigenvalue weighted by Gasteiger charge is 2.43. The molecule has 0 N–H and O–H groups in total. The van der Waals surface area contributed by atoms with Crippen LogP contribution in [0.25, 0.3) is 5.57 Å². The highest BCUT2D eigenvalue weighted by molar-refractivity contribution is 6.46. The number of methoxy groups -OCH3 is 2. The molecule has 4 rings (SSSR count). The van der Waals surface area contributed by atoms with Crippen LogP contribution in [0.2, 0.25) is 0 Å². The summed E-state index contributed by atoms with van der Waals surface area (Å²) in [4.78, 5) is 30.7. The normalized spacial score (nSPS) is 13.5. The van der Waals surface area contributed by atoms with Crippen molar-refractivity contribution in [3.63, 3.8) is 0 Å². The molecule has 6 heteroatoms. The molecule has 32 heavy (non-hydrogen) atoms. The summed E-state index contributed by atoms with van der Waals surface area (Å²) in [6.45, 7) is 2.47. The van der Waals surface area contributed by atoms with Crippen molar-refractivity contribution in [1.29, 1.82) is 0 Å². The lowest BCUT2D eigenvalue weighted by molar-refractivity contribution is -0.120. The van der Waals surface area contributed by atoms with E-state index in [4.69, 9.17) is 9.47 Å². The van der Waals surface area contributed by atoms with Crippen molar-refractivity contribution in [2.45, 2.75) is 6.92 Å². The van der Waals surface area contributed by atoms with Crippen LogP contribution in [0.3, 0.4) is 0 Å². The summed E-state index contributed by atoms with van der Waals surface area (Å²) >= 11 is 0. The Kier molecular flexibility index (Phi) is 5.94. The average Bonchev–Trinajstić information content (AvgIpc) is 3.10. The first-order valence-corrected chi connectivity index (χ1v) is 10.3. The van der Waals surface area contributed by atoms with E-state index in [1.807, 2.05) is 72.5 Å². The number of amides is 2. The third-order valence-corrected chi connectivity index (χ3v) is 5.40. The number of para-hydroxylation sites is 1. The van der Waals surface area contributed by atoms with Crippen LogP contribution in [-0.4, -0.2) is 32.6 Å². The van der Waals surface area contributed by atoms with Gasteiger partial charge in [-0.05, 0) is 36.8 Å². The number of likely N-dealkylation sites (N-methyl/N-ethyl adjacent to an activating group) is 1. The standard InChI is InChI=1S/C26H24N2O4/c1-4-27(19-13-9-6-10-14-19)24-23(18-11-7-5-8-12-18)25(29)28(26(24)30)21-17-20(31-2)15-16-22(21)32-3/h5-17H,4H2,1-3H3. The molecule has 0 bridgehead atoms. The van der Waals surface area contributed by atoms with Crippen molar-refractivity contribution in [2.24, 2.45) is 0 Å². The fourth-order valence-electron chi connectivity index (χ4n) is 3.90. The van der Waals surface area contributed by atoms with Crippen LogP contribution >= 0.6 is 0 Å². The highest BCUT2D eigenvalue weighted by Crippen LogP contribution is 2.41. The summed E-state index contributed by atoms with van der Waals surface area (Å²) < 4.78 is 10.8. The molecule has 0 aromatic heterocycles. The van der Waals surface area contributed by atoms with Gasteiger partial charge in [-0.2, -0.15) is 0 Å². The third-order valence-electron chi connectivity index (χ3n) is 5.40. The van der Waals surface area contributed by atoms with Crippen LogP contribution in [0.4, 0.5) is 11.4 Å². The molecule has 6 nitrogen and oxygen atoms in total. The van der Waals surface area contributed by atoms with E-state index in [1.54, 1.807) is 18.2 Å². The smallest absolute Gasteiger partial charge is 0.282 e. The Hall–Kier alpha value is -4.06. The Balaban J connectivity index is 1.92. The molecule has 0 spiro atoms. The van der Waals surface area contributed by atoms with E-state index in [1.165, 1.54) is 19.1 Å². The molecular weight excluding hydrogens is 404 g/mol. The van der Waals surface area contributed by atoms with E-state index in [9.17, 15) is 9.59 Å². The van der Waals surface area contributed by atoms with Gasteiger partial charge in [0.05, 0.1) is 25.5 Å². The first kappa shape index (κ1) is 21.2. The Morgan fingerprint density at radius 3 is 2.06 bits per heavy atom. The molecule has 0 saturated carbocycles. The van der Waals surface area contributed by atoms with Crippen LogP contribution in [0, 0.1) is 0 Å². The summed E-state index contributed by atoms with van der Waals surface area (Å²) in [6.07, 6.45) is 0. The van der Waals surface area contributed by atoms with Crippen LogP contribution in [0.15, 0.2) is 84.6 Å². The molecule has 1 heterocycles. The quantitative estimate of drug-likeness (QED) is 0.518. The predicted molar refractivity (Wildman–Crippen MR) is 125 cm³/mol. The Morgan fingerprint density at radius 2 is 1.47 bits per heavy atom. The van der Waals surface area contributed by atoms with Crippen LogP contribution < -0.4 is 19.3 Å². The van der Waals surface area contributed by atoms with Gasteiger partial charge in [0, 0.05) is 18.3 Å². The summed E-state index contributed by atoms with van der Waals surface area (Å²) in [6, 6.07) is 23.9. The number of benzene rings is 3. The number of carbonyl (C=O) groups is 2. The van der Waals surface area contributed by atoms with Gasteiger partial charge in [-0.1, -0.05) is 48.5 Å². The van der Waals surface area contributed by atoms with E-state index in [0.29, 0.717) is 40.6 Å². The van der Waals surface area contributed by atoms with Gasteiger partial charge in [0.25, 0.3) is 11.8 Å². The molecular formula is C26H24N2O4. The van der Waals surface area contributed by atoms with Gasteiger partial charge < -0.3 is 14.4 Å². The molecule has 3 aromatic carbocycles. The predicted octanol–water partition coefficient (Wildman–Crippen LogP) is 4.51. The number of hydrogen-bond acceptors (Lipinski definition) is 5. The summed E-state index contributed by atoms with van der Waals surface area (Å²) in [5.74, 6) is 0.110. The summed E-state index contributed by atoms with van der Waals surface area (Å²) in [5, 5.41) is 0. The molecule has 0 atom stereocenters. The molecule has 0 unspecified atom stereocenters. The van der Waals surface area contributed by atoms with Gasteiger partial charge in [-0.15, -0.1) is 0 Å². The largest absolute Gasteiger partial charge is 0.497 e. The lowest BCUT2D eigenvalue weighted by Gasteiger charge is -2.25. The Bertz CT molecular complexity index is 1170. The zero-order valence-corrected chi connectivity index (χ0v) is 18.2. The van der Waals surface area contributed by atoms with Gasteiger partial charge in [-0.25, -0.2) is 4.90 Å². The second-order valence-corrected chi connectivity index (χ2v) is 7.15. The van der Waals surface area contributed by atoms with Crippen LogP contribution in [0.5, 0.6) is 11.5 Å². The summed E-state index contributed by atoms with van der Waals surface area (Å²) in [5.41, 5.74) is 2.54. The molecule has 162 valence electrons. The SMILES string of the molecule is CCN(C1=C(c2ccccc2)C(=O)N(c2cc(OC)ccc2OC)C1=O)c1ccccc1. The molecule has 3 aromatic rings. The van der Waals surface area contributed by atoms with Gasteiger partial charge >= 0.3 is 0 Å². The third kappa shape index (κ3) is 3.60. The second-order valence-electron chi connectivity index (χ2n) is 7.15. The van der Waals surface area contributed by atoms with Crippen LogP contribution in [0.1, 0.15) is 12.5 Å². The van der Waals surface area contributed by atoms with Crippen LogP contribution in [-0.2, 0) is 9.59 Å². The number of carbonyl (C=O) groups excluding carboxylic acids is 2. The monoisotopic (exact) mass is 428 g/mol. The summed E-state index contributed by atoms with van der Waals surface area (Å²) in [7, 11) is 3.04. The minimum Gasteiger partial charge on any atom is -0.497 e. The molecule has 0 radical (unpaired) electrons. The zero-order chi connectivity index (χ0) is 22.7.